The van der Waals surface area contributed by atoms with Crippen molar-refractivity contribution in [2.24, 2.45) is 0 Å². The van der Waals surface area contributed by atoms with E-state index < -0.39 is 0 Å². The first-order valence-corrected chi connectivity index (χ1v) is 24.2. The lowest BCUT2D eigenvalue weighted by molar-refractivity contribution is -0.599. The van der Waals surface area contributed by atoms with Crippen LogP contribution in [0.4, 0.5) is 0 Å². The lowest BCUT2D eigenvalue weighted by atomic mass is 9.75. The van der Waals surface area contributed by atoms with E-state index in [1.165, 1.54) is 38.8 Å². The summed E-state index contributed by atoms with van der Waals surface area (Å²) in [5.41, 5.74) is 13.3. The van der Waals surface area contributed by atoms with Crippen LogP contribution in [0, 0.1) is 6.33 Å². The SMILES string of the molecule is CC(C)(C)c1cc(-[n+]2[c-]n(-c3cccc(Oc4ccc5c6cc(C(C)(C)C)ccc6n(-c6cc(C(C)(C)c7ccccc7)ccn6)c5c4)c3)c(-c3ccccc3)c2)cc(C(C)(C)c2ccccc2)c1. The van der Waals surface area contributed by atoms with E-state index in [1.54, 1.807) is 0 Å². The van der Waals surface area contributed by atoms with Crippen LogP contribution in [0.1, 0.15) is 103 Å². The molecule has 7 aromatic carbocycles. The van der Waals surface area contributed by atoms with Crippen LogP contribution < -0.4 is 9.30 Å². The molecule has 0 unspecified atom stereocenters. The molecule has 0 saturated carbocycles. The van der Waals surface area contributed by atoms with Crippen molar-refractivity contribution in [1.82, 2.24) is 14.1 Å². The molecule has 0 aliphatic rings. The summed E-state index contributed by atoms with van der Waals surface area (Å²) >= 11 is 0. The molecular weight excluding hydrogens is 841 g/mol. The van der Waals surface area contributed by atoms with Crippen LogP contribution in [-0.4, -0.2) is 14.1 Å². The molecule has 3 heterocycles. The van der Waals surface area contributed by atoms with Gasteiger partial charge in [0.1, 0.15) is 17.3 Å². The first kappa shape index (κ1) is 45.3. The topological polar surface area (TPSA) is 35.9 Å². The molecule has 344 valence electrons. The number of benzene rings is 7. The standard InChI is InChI=1S/C64H62N4O/c1-61(2,3)47-29-32-57-56(38-47)55-31-30-54(41-58(55)68(57)60-39-48(33-34-65-60)63(7,8)45-23-16-12-17-24-45)69-53-28-20-27-51(40-53)67-43-66(42-59(67)44-21-14-11-15-22-44)52-36-49(62(4,5)6)35-50(37-52)64(9,10)46-25-18-13-19-26-46/h11-42H,1-10H3. The van der Waals surface area contributed by atoms with E-state index in [-0.39, 0.29) is 21.7 Å². The van der Waals surface area contributed by atoms with Gasteiger partial charge in [-0.1, -0.05) is 178 Å². The smallest absolute Gasteiger partial charge is 0.269 e. The van der Waals surface area contributed by atoms with Gasteiger partial charge in [-0.25, -0.2) is 4.98 Å². The third-order valence-corrected chi connectivity index (χ3v) is 14.2. The monoisotopic (exact) mass is 902 g/mol. The number of ether oxygens (including phenoxy) is 1. The van der Waals surface area contributed by atoms with Crippen LogP contribution in [0.2, 0.25) is 0 Å². The van der Waals surface area contributed by atoms with Gasteiger partial charge in [0.05, 0.1) is 28.1 Å². The van der Waals surface area contributed by atoms with Gasteiger partial charge in [-0.3, -0.25) is 13.7 Å². The quantitative estimate of drug-likeness (QED) is 0.101. The number of nitrogens with zero attached hydrogens (tertiary/aromatic N) is 4. The van der Waals surface area contributed by atoms with Crippen LogP contribution in [0.3, 0.4) is 0 Å². The van der Waals surface area contributed by atoms with Gasteiger partial charge in [0.15, 0.2) is 0 Å². The van der Waals surface area contributed by atoms with E-state index >= 15 is 0 Å². The Bertz CT molecular complexity index is 3470. The van der Waals surface area contributed by atoms with Gasteiger partial charge < -0.3 is 4.74 Å². The molecule has 0 atom stereocenters. The highest BCUT2D eigenvalue weighted by Crippen LogP contribution is 2.40. The maximum absolute atomic E-state index is 6.87. The molecule has 3 aromatic heterocycles. The molecule has 0 aliphatic heterocycles. The minimum absolute atomic E-state index is 0.00988. The molecule has 5 nitrogen and oxygen atoms in total. The molecule has 0 bridgehead atoms. The average molecular weight is 903 g/mol. The minimum atomic E-state index is -0.230. The molecule has 0 fully saturated rings. The molecule has 10 aromatic rings. The maximum Gasteiger partial charge on any atom is 0.269 e. The zero-order valence-corrected chi connectivity index (χ0v) is 41.7. The van der Waals surface area contributed by atoms with Crippen molar-refractivity contribution in [3.05, 3.63) is 234 Å². The van der Waals surface area contributed by atoms with Crippen LogP contribution in [0.15, 0.2) is 194 Å². The Morgan fingerprint density at radius 1 is 0.464 bits per heavy atom. The van der Waals surface area contributed by atoms with Gasteiger partial charge in [-0.2, -0.15) is 0 Å². The van der Waals surface area contributed by atoms with Gasteiger partial charge in [-0.05, 0) is 117 Å². The Balaban J connectivity index is 1.07. The first-order valence-electron chi connectivity index (χ1n) is 24.2. The third-order valence-electron chi connectivity index (χ3n) is 14.2. The zero-order valence-electron chi connectivity index (χ0n) is 41.7. The number of aromatic nitrogens is 4. The summed E-state index contributed by atoms with van der Waals surface area (Å²) in [6, 6.07) is 65.1. The van der Waals surface area contributed by atoms with Crippen molar-refractivity contribution in [3.63, 3.8) is 0 Å². The second-order valence-electron chi connectivity index (χ2n) is 21.7. The Labute approximate surface area is 408 Å². The Morgan fingerprint density at radius 2 is 1.09 bits per heavy atom. The summed E-state index contributed by atoms with van der Waals surface area (Å²) < 4.78 is 13.5. The van der Waals surface area contributed by atoms with Crippen LogP contribution in [0.25, 0.3) is 50.3 Å². The van der Waals surface area contributed by atoms with E-state index in [2.05, 4.69) is 271 Å². The Hall–Kier alpha value is -7.50. The number of hydrogen-bond acceptors (Lipinski definition) is 2. The fraction of sp³-hybridized carbons (Fsp3) is 0.219. The number of hydrogen-bond donors (Lipinski definition) is 0. The summed E-state index contributed by atoms with van der Waals surface area (Å²) in [5.74, 6) is 2.33. The molecule has 0 amide bonds. The molecule has 0 aliphatic carbocycles. The first-order chi connectivity index (χ1) is 32.9. The van der Waals surface area contributed by atoms with Gasteiger partial charge in [0, 0.05) is 40.1 Å². The maximum atomic E-state index is 6.87. The average Bonchev–Trinajstić information content (AvgIpc) is 3.94. The molecule has 5 heteroatoms. The van der Waals surface area contributed by atoms with Crippen molar-refractivity contribution in [2.45, 2.75) is 90.9 Å². The van der Waals surface area contributed by atoms with Crippen LogP contribution in [-0.2, 0) is 21.7 Å². The van der Waals surface area contributed by atoms with Gasteiger partial charge in [-0.15, -0.1) is 0 Å². The van der Waals surface area contributed by atoms with E-state index in [9.17, 15) is 0 Å². The summed E-state index contributed by atoms with van der Waals surface area (Å²) in [4.78, 5) is 5.04. The van der Waals surface area contributed by atoms with Crippen molar-refractivity contribution >= 4 is 21.8 Å². The molecule has 10 rings (SSSR count). The molecule has 0 radical (unpaired) electrons. The number of pyridine rings is 1. The van der Waals surface area contributed by atoms with Gasteiger partial charge >= 0.3 is 0 Å². The number of rotatable bonds is 10. The summed E-state index contributed by atoms with van der Waals surface area (Å²) in [6.45, 7) is 22.9. The highest BCUT2D eigenvalue weighted by Gasteiger charge is 2.28. The molecule has 69 heavy (non-hydrogen) atoms. The molecular formula is C64H62N4O. The largest absolute Gasteiger partial charge is 0.458 e. The second-order valence-corrected chi connectivity index (χ2v) is 21.7. The van der Waals surface area contributed by atoms with E-state index in [4.69, 9.17) is 9.72 Å². The second kappa shape index (κ2) is 17.2. The third kappa shape index (κ3) is 8.67. The number of imidazole rings is 1. The molecule has 0 saturated heterocycles. The fourth-order valence-corrected chi connectivity index (χ4v) is 9.63. The fourth-order valence-electron chi connectivity index (χ4n) is 9.63. The number of fused-ring (bicyclic) bond motifs is 3. The van der Waals surface area contributed by atoms with E-state index in [0.29, 0.717) is 0 Å². The van der Waals surface area contributed by atoms with Crippen LogP contribution >= 0.6 is 0 Å². The lowest BCUT2D eigenvalue weighted by Gasteiger charge is -2.30. The van der Waals surface area contributed by atoms with E-state index in [0.717, 1.165) is 56.4 Å². The van der Waals surface area contributed by atoms with Crippen molar-refractivity contribution in [1.29, 1.82) is 0 Å². The highest BCUT2D eigenvalue weighted by atomic mass is 16.5. The van der Waals surface area contributed by atoms with E-state index in [1.807, 2.05) is 12.3 Å². The Morgan fingerprint density at radius 3 is 1.75 bits per heavy atom. The normalized spacial score (nSPS) is 12.5. The van der Waals surface area contributed by atoms with Crippen molar-refractivity contribution in [3.8, 4) is 39.9 Å². The predicted molar refractivity (Wildman–Crippen MR) is 285 cm³/mol. The molecule has 0 N–H and O–H groups in total. The minimum Gasteiger partial charge on any atom is -0.458 e. The Kier molecular flexibility index (Phi) is 11.3. The van der Waals surface area contributed by atoms with Gasteiger partial charge in [0.2, 0.25) is 0 Å². The highest BCUT2D eigenvalue weighted by molar-refractivity contribution is 6.09. The summed E-state index contributed by atoms with van der Waals surface area (Å²) in [5, 5.41) is 2.34. The zero-order chi connectivity index (χ0) is 48.3. The van der Waals surface area contributed by atoms with Crippen LogP contribution in [0.5, 0.6) is 11.5 Å². The predicted octanol–water partition coefficient (Wildman–Crippen LogP) is 15.8. The molecule has 0 spiro atoms. The summed E-state index contributed by atoms with van der Waals surface area (Å²) in [7, 11) is 0. The van der Waals surface area contributed by atoms with Gasteiger partial charge in [0.25, 0.3) is 6.33 Å². The van der Waals surface area contributed by atoms with Crippen molar-refractivity contribution < 1.29 is 9.30 Å². The lowest BCUT2D eigenvalue weighted by Crippen LogP contribution is -2.31. The summed E-state index contributed by atoms with van der Waals surface area (Å²) in [6.07, 6.45) is 7.92. The van der Waals surface area contributed by atoms with Crippen molar-refractivity contribution in [2.75, 3.05) is 0 Å².